The zero-order chi connectivity index (χ0) is 21.2. The third-order valence-electron chi connectivity index (χ3n) is 4.82. The molecule has 156 valence electrons. The lowest BCUT2D eigenvalue weighted by molar-refractivity contribution is -0.387. The number of pyridine rings is 1. The summed E-state index contributed by atoms with van der Waals surface area (Å²) in [5.74, 6) is 0.910. The van der Waals surface area contributed by atoms with E-state index in [9.17, 15) is 18.5 Å². The Morgan fingerprint density at radius 2 is 1.76 bits per heavy atom. The van der Waals surface area contributed by atoms with E-state index in [0.717, 1.165) is 37.3 Å². The molecule has 1 fully saturated rings. The lowest BCUT2D eigenvalue weighted by Crippen LogP contribution is -2.46. The smallest absolute Gasteiger partial charge is 0.288 e. The highest BCUT2D eigenvalue weighted by Crippen LogP contribution is 2.29. The molecule has 0 aliphatic carbocycles. The summed E-state index contributed by atoms with van der Waals surface area (Å²) in [6.07, 6.45) is 2.87. The van der Waals surface area contributed by atoms with Crippen LogP contribution in [0.3, 0.4) is 0 Å². The zero-order valence-corrected chi connectivity index (χ0v) is 17.6. The summed E-state index contributed by atoms with van der Waals surface area (Å²) in [6, 6.07) is 8.36. The quantitative estimate of drug-likeness (QED) is 0.516. The molecule has 0 bridgehead atoms. The van der Waals surface area contributed by atoms with Crippen LogP contribution in [0.4, 0.5) is 17.2 Å². The molecule has 10 heteroatoms. The number of piperazine rings is 1. The van der Waals surface area contributed by atoms with Gasteiger partial charge in [-0.2, -0.15) is 0 Å². The van der Waals surface area contributed by atoms with Gasteiger partial charge in [0.25, 0.3) is 5.69 Å². The molecular formula is C19H25N5O4S. The van der Waals surface area contributed by atoms with Crippen LogP contribution in [-0.4, -0.2) is 69.8 Å². The number of nitro benzene ring substituents is 1. The average molecular weight is 420 g/mol. The minimum absolute atomic E-state index is 0.249. The van der Waals surface area contributed by atoms with Crippen molar-refractivity contribution in [1.82, 2.24) is 9.88 Å². The van der Waals surface area contributed by atoms with Gasteiger partial charge in [-0.25, -0.2) is 13.4 Å². The van der Waals surface area contributed by atoms with E-state index >= 15 is 0 Å². The van der Waals surface area contributed by atoms with Crippen molar-refractivity contribution in [2.24, 2.45) is 0 Å². The van der Waals surface area contributed by atoms with Gasteiger partial charge in [-0.05, 0) is 37.9 Å². The molecule has 0 spiro atoms. The first-order chi connectivity index (χ1) is 13.6. The van der Waals surface area contributed by atoms with E-state index in [1.165, 1.54) is 12.1 Å². The highest BCUT2D eigenvalue weighted by molar-refractivity contribution is 7.90. The van der Waals surface area contributed by atoms with Crippen molar-refractivity contribution in [3.63, 3.8) is 0 Å². The van der Waals surface area contributed by atoms with Crippen LogP contribution in [0.25, 0.3) is 0 Å². The summed E-state index contributed by atoms with van der Waals surface area (Å²) in [5, 5.41) is 11.2. The number of anilines is 2. The number of hydrogen-bond donors (Lipinski definition) is 0. The molecule has 29 heavy (non-hydrogen) atoms. The number of benzene rings is 1. The minimum Gasteiger partial charge on any atom is -0.368 e. The average Bonchev–Trinajstić information content (AvgIpc) is 2.67. The van der Waals surface area contributed by atoms with Gasteiger partial charge >= 0.3 is 0 Å². The Kier molecular flexibility index (Phi) is 6.04. The highest BCUT2D eigenvalue weighted by Gasteiger charge is 2.25. The molecule has 9 nitrogen and oxygen atoms in total. The summed E-state index contributed by atoms with van der Waals surface area (Å²) in [7, 11) is 0.330. The van der Waals surface area contributed by atoms with Crippen LogP contribution in [0.5, 0.6) is 0 Å². The molecule has 0 unspecified atom stereocenters. The first-order valence-corrected chi connectivity index (χ1v) is 11.1. The molecular weight excluding hydrogens is 394 g/mol. The molecule has 1 aliphatic heterocycles. The summed E-state index contributed by atoms with van der Waals surface area (Å²) in [4.78, 5) is 21.1. The fourth-order valence-corrected chi connectivity index (χ4v) is 4.26. The van der Waals surface area contributed by atoms with E-state index in [2.05, 4.69) is 20.9 Å². The van der Waals surface area contributed by atoms with Crippen molar-refractivity contribution in [2.75, 3.05) is 56.3 Å². The molecule has 0 amide bonds. The number of aromatic nitrogens is 1. The Hall–Kier alpha value is -2.72. The van der Waals surface area contributed by atoms with E-state index in [0.29, 0.717) is 18.8 Å². The van der Waals surface area contributed by atoms with Gasteiger partial charge in [-0.1, -0.05) is 6.07 Å². The Bertz CT molecular complexity index is 984. The number of nitro groups is 1. The Morgan fingerprint density at radius 1 is 1.10 bits per heavy atom. The largest absolute Gasteiger partial charge is 0.368 e. The van der Waals surface area contributed by atoms with E-state index in [1.54, 1.807) is 6.07 Å². The van der Waals surface area contributed by atoms with Crippen molar-refractivity contribution in [1.29, 1.82) is 0 Å². The number of sulfone groups is 1. The highest BCUT2D eigenvalue weighted by atomic mass is 32.2. The Morgan fingerprint density at radius 3 is 2.28 bits per heavy atom. The van der Waals surface area contributed by atoms with E-state index in [4.69, 9.17) is 0 Å². The van der Waals surface area contributed by atoms with Gasteiger partial charge in [0.05, 0.1) is 4.92 Å². The second-order valence-corrected chi connectivity index (χ2v) is 9.40. The van der Waals surface area contributed by atoms with Gasteiger partial charge in [0.2, 0.25) is 0 Å². The maximum absolute atomic E-state index is 12.0. The fraction of sp³-hybridized carbons (Fsp3) is 0.421. The van der Waals surface area contributed by atoms with Crippen molar-refractivity contribution in [3.05, 3.63) is 52.2 Å². The zero-order valence-electron chi connectivity index (χ0n) is 16.8. The van der Waals surface area contributed by atoms with Gasteiger partial charge < -0.3 is 14.7 Å². The van der Waals surface area contributed by atoms with Crippen LogP contribution in [0.1, 0.15) is 5.56 Å². The molecule has 0 radical (unpaired) electrons. The first kappa shape index (κ1) is 21.0. The van der Waals surface area contributed by atoms with Crippen molar-refractivity contribution in [2.45, 2.75) is 11.4 Å². The fourth-order valence-electron chi connectivity index (χ4n) is 3.40. The van der Waals surface area contributed by atoms with Gasteiger partial charge in [-0.15, -0.1) is 0 Å². The van der Waals surface area contributed by atoms with Gasteiger partial charge in [0.1, 0.15) is 10.7 Å². The summed E-state index contributed by atoms with van der Waals surface area (Å²) in [6.45, 7) is 3.63. The molecule has 1 aromatic carbocycles. The Balaban J connectivity index is 1.71. The summed E-state index contributed by atoms with van der Waals surface area (Å²) >= 11 is 0. The molecule has 2 heterocycles. The molecule has 0 N–H and O–H groups in total. The predicted molar refractivity (Wildman–Crippen MR) is 112 cm³/mol. The van der Waals surface area contributed by atoms with Crippen LogP contribution in [0, 0.1) is 10.1 Å². The number of nitrogens with zero attached hydrogens (tertiary/aromatic N) is 5. The van der Waals surface area contributed by atoms with Gasteiger partial charge in [0.15, 0.2) is 9.84 Å². The maximum atomic E-state index is 12.0. The first-order valence-electron chi connectivity index (χ1n) is 9.23. The van der Waals surface area contributed by atoms with E-state index in [-0.39, 0.29) is 4.90 Å². The van der Waals surface area contributed by atoms with Crippen LogP contribution >= 0.6 is 0 Å². The van der Waals surface area contributed by atoms with E-state index < -0.39 is 20.4 Å². The molecule has 2 aromatic rings. The predicted octanol–water partition coefficient (Wildman–Crippen LogP) is 1.78. The molecule has 1 saturated heterocycles. The Labute approximate surface area is 170 Å². The third kappa shape index (κ3) is 5.01. The van der Waals surface area contributed by atoms with Crippen LogP contribution in [0.15, 0.2) is 41.4 Å². The minimum atomic E-state index is -3.70. The monoisotopic (exact) mass is 419 g/mol. The number of rotatable bonds is 6. The molecule has 1 aliphatic rings. The van der Waals surface area contributed by atoms with Crippen molar-refractivity contribution >= 4 is 27.0 Å². The third-order valence-corrected chi connectivity index (χ3v) is 5.94. The molecule has 0 atom stereocenters. The van der Waals surface area contributed by atoms with Crippen LogP contribution in [0.2, 0.25) is 0 Å². The SMILES string of the molecule is CN(C)Cc1ccc(N2CCN(c3ccc([N+](=O)[O-])c(S(C)(=O)=O)c3)CC2)nc1. The van der Waals surface area contributed by atoms with Crippen molar-refractivity contribution in [3.8, 4) is 0 Å². The van der Waals surface area contributed by atoms with Crippen LogP contribution < -0.4 is 9.80 Å². The summed E-state index contributed by atoms with van der Waals surface area (Å²) < 4.78 is 24.0. The van der Waals surface area contributed by atoms with Gasteiger partial charge in [0, 0.05) is 56.9 Å². The standard InChI is InChI=1S/C19H25N5O4S/c1-21(2)14-15-4-7-19(20-13-15)23-10-8-22(9-11-23)16-5-6-17(24(25)26)18(12-16)29(3,27)28/h4-7,12-13H,8-11,14H2,1-3H3. The molecule has 1 aromatic heterocycles. The second-order valence-electron chi connectivity index (χ2n) is 7.42. The van der Waals surface area contributed by atoms with Crippen LogP contribution in [-0.2, 0) is 16.4 Å². The normalized spacial score (nSPS) is 15.0. The summed E-state index contributed by atoms with van der Waals surface area (Å²) in [5.41, 5.74) is 1.43. The van der Waals surface area contributed by atoms with Crippen molar-refractivity contribution < 1.29 is 13.3 Å². The molecule has 3 rings (SSSR count). The topological polar surface area (TPSA) is 99.9 Å². The maximum Gasteiger partial charge on any atom is 0.288 e. The number of hydrogen-bond acceptors (Lipinski definition) is 8. The lowest BCUT2D eigenvalue weighted by Gasteiger charge is -2.36. The molecule has 0 saturated carbocycles. The van der Waals surface area contributed by atoms with Gasteiger partial charge in [-0.3, -0.25) is 10.1 Å². The van der Waals surface area contributed by atoms with E-state index in [1.807, 2.05) is 31.3 Å². The lowest BCUT2D eigenvalue weighted by atomic mass is 10.2. The second kappa shape index (κ2) is 8.34.